The van der Waals surface area contributed by atoms with Crippen LogP contribution >= 0.6 is 23.4 Å². The summed E-state index contributed by atoms with van der Waals surface area (Å²) in [5, 5.41) is 18.4. The molecule has 0 aliphatic carbocycles. The van der Waals surface area contributed by atoms with Gasteiger partial charge in [-0.1, -0.05) is 29.4 Å². The molecule has 0 aliphatic heterocycles. The Balaban J connectivity index is 2.13. The van der Waals surface area contributed by atoms with E-state index in [1.165, 1.54) is 0 Å². The lowest BCUT2D eigenvalue weighted by atomic mass is 10.2. The van der Waals surface area contributed by atoms with Crippen molar-refractivity contribution in [3.05, 3.63) is 53.3 Å². The van der Waals surface area contributed by atoms with Crippen molar-refractivity contribution in [3.63, 3.8) is 0 Å². The van der Waals surface area contributed by atoms with Crippen molar-refractivity contribution in [3.8, 4) is 17.1 Å². The Morgan fingerprint density at radius 2 is 2.17 bits per heavy atom. The molecule has 0 amide bonds. The monoisotopic (exact) mass is 360 g/mol. The van der Waals surface area contributed by atoms with Crippen molar-refractivity contribution in [1.29, 1.82) is 0 Å². The molecule has 0 atom stereocenters. The van der Waals surface area contributed by atoms with Gasteiger partial charge in [-0.3, -0.25) is 14.3 Å². The molecule has 122 valence electrons. The summed E-state index contributed by atoms with van der Waals surface area (Å²) in [6.45, 7) is 1.92. The number of aromatic nitrogens is 4. The molecule has 0 saturated heterocycles. The van der Waals surface area contributed by atoms with Crippen LogP contribution in [-0.4, -0.2) is 36.6 Å². The van der Waals surface area contributed by atoms with Gasteiger partial charge in [-0.2, -0.15) is 0 Å². The summed E-state index contributed by atoms with van der Waals surface area (Å²) in [4.78, 5) is 15.0. The molecule has 0 fully saturated rings. The quantitative estimate of drug-likeness (QED) is 0.702. The third-order valence-corrected chi connectivity index (χ3v) is 4.61. The molecular weight excluding hydrogens is 348 g/mol. The maximum atomic E-state index is 10.9. The van der Waals surface area contributed by atoms with Crippen LogP contribution in [0.25, 0.3) is 17.1 Å². The Hall–Kier alpha value is -2.38. The summed E-state index contributed by atoms with van der Waals surface area (Å²) in [7, 11) is 0. The number of carbonyl (C=O) groups is 1. The fraction of sp³-hybridized carbons (Fsp3) is 0.125. The maximum absolute atomic E-state index is 10.9. The second-order valence-corrected chi connectivity index (χ2v) is 6.35. The normalized spacial score (nSPS) is 10.8. The Morgan fingerprint density at radius 3 is 2.83 bits per heavy atom. The molecule has 8 heteroatoms. The molecule has 6 nitrogen and oxygen atoms in total. The number of rotatable bonds is 5. The zero-order chi connectivity index (χ0) is 17.1. The van der Waals surface area contributed by atoms with E-state index >= 15 is 0 Å². The van der Waals surface area contributed by atoms with E-state index in [0.717, 1.165) is 28.6 Å². The maximum Gasteiger partial charge on any atom is 0.313 e. The highest BCUT2D eigenvalue weighted by Gasteiger charge is 2.17. The molecule has 2 aromatic heterocycles. The van der Waals surface area contributed by atoms with E-state index in [4.69, 9.17) is 16.7 Å². The molecule has 0 spiro atoms. The standard InChI is InChI=1S/C16H13ClN4O2S/c1-10-4-5-12(7-13(10)17)21-15(11-3-2-6-18-8-11)19-20-16(21)24-9-14(22)23/h2-8H,9H2,1H3,(H,22,23). The van der Waals surface area contributed by atoms with Crippen LogP contribution in [0.15, 0.2) is 47.9 Å². The highest BCUT2D eigenvalue weighted by atomic mass is 35.5. The molecule has 3 rings (SSSR count). The molecule has 0 bridgehead atoms. The predicted octanol–water partition coefficient (Wildman–Crippen LogP) is 3.47. The van der Waals surface area contributed by atoms with Crippen LogP contribution in [0, 0.1) is 6.92 Å². The predicted molar refractivity (Wildman–Crippen MR) is 92.7 cm³/mol. The Kier molecular flexibility index (Phi) is 4.82. The molecule has 3 aromatic rings. The first kappa shape index (κ1) is 16.5. The third kappa shape index (κ3) is 3.42. The van der Waals surface area contributed by atoms with Gasteiger partial charge in [0.05, 0.1) is 11.4 Å². The third-order valence-electron chi connectivity index (χ3n) is 3.29. The van der Waals surface area contributed by atoms with Crippen LogP contribution in [0.2, 0.25) is 5.02 Å². The minimum Gasteiger partial charge on any atom is -0.481 e. The number of hydrogen-bond acceptors (Lipinski definition) is 5. The number of aryl methyl sites for hydroxylation is 1. The zero-order valence-electron chi connectivity index (χ0n) is 12.7. The van der Waals surface area contributed by atoms with E-state index in [-0.39, 0.29) is 5.75 Å². The second-order valence-electron chi connectivity index (χ2n) is 5.00. The highest BCUT2D eigenvalue weighted by Crippen LogP contribution is 2.29. The number of carboxylic acids is 1. The molecule has 1 N–H and O–H groups in total. The van der Waals surface area contributed by atoms with E-state index < -0.39 is 5.97 Å². The van der Waals surface area contributed by atoms with Crippen molar-refractivity contribution in [1.82, 2.24) is 19.7 Å². The number of halogens is 1. The molecule has 0 aliphatic rings. The number of benzene rings is 1. The topological polar surface area (TPSA) is 80.9 Å². The molecule has 24 heavy (non-hydrogen) atoms. The second kappa shape index (κ2) is 7.02. The van der Waals surface area contributed by atoms with E-state index in [1.54, 1.807) is 23.0 Å². The van der Waals surface area contributed by atoms with Gasteiger partial charge >= 0.3 is 5.97 Å². The van der Waals surface area contributed by atoms with Gasteiger partial charge < -0.3 is 5.11 Å². The number of carboxylic acid groups (broad SMARTS) is 1. The average Bonchev–Trinajstić information content (AvgIpc) is 3.00. The molecule has 0 saturated carbocycles. The summed E-state index contributed by atoms with van der Waals surface area (Å²) in [5.74, 6) is -0.444. The summed E-state index contributed by atoms with van der Waals surface area (Å²) in [6, 6.07) is 9.28. The summed E-state index contributed by atoms with van der Waals surface area (Å²) < 4.78 is 1.79. The largest absolute Gasteiger partial charge is 0.481 e. The first-order chi connectivity index (χ1) is 11.6. The summed E-state index contributed by atoms with van der Waals surface area (Å²) >= 11 is 7.34. The summed E-state index contributed by atoms with van der Waals surface area (Å²) in [5.41, 5.74) is 2.50. The molecule has 0 unspecified atom stereocenters. The van der Waals surface area contributed by atoms with Gasteiger partial charge in [-0.15, -0.1) is 10.2 Å². The lowest BCUT2D eigenvalue weighted by molar-refractivity contribution is -0.133. The highest BCUT2D eigenvalue weighted by molar-refractivity contribution is 7.99. The van der Waals surface area contributed by atoms with Gasteiger partial charge in [0.15, 0.2) is 11.0 Å². The van der Waals surface area contributed by atoms with Gasteiger partial charge in [0.25, 0.3) is 0 Å². The summed E-state index contributed by atoms with van der Waals surface area (Å²) in [6.07, 6.45) is 3.36. The molecular formula is C16H13ClN4O2S. The van der Waals surface area contributed by atoms with Gasteiger partial charge in [0, 0.05) is 23.0 Å². The van der Waals surface area contributed by atoms with E-state index in [2.05, 4.69) is 15.2 Å². The lowest BCUT2D eigenvalue weighted by Crippen LogP contribution is -2.03. The minimum absolute atomic E-state index is 0.106. The molecule has 1 aromatic carbocycles. The van der Waals surface area contributed by atoms with E-state index in [0.29, 0.717) is 16.0 Å². The fourth-order valence-corrected chi connectivity index (χ4v) is 2.97. The molecule has 2 heterocycles. The smallest absolute Gasteiger partial charge is 0.313 e. The first-order valence-corrected chi connectivity index (χ1v) is 8.39. The van der Waals surface area contributed by atoms with Gasteiger partial charge in [-0.05, 0) is 36.8 Å². The minimum atomic E-state index is -0.917. The zero-order valence-corrected chi connectivity index (χ0v) is 14.3. The van der Waals surface area contributed by atoms with Crippen molar-refractivity contribution >= 4 is 29.3 Å². The van der Waals surface area contributed by atoms with Crippen LogP contribution in [0.4, 0.5) is 0 Å². The van der Waals surface area contributed by atoms with Crippen LogP contribution < -0.4 is 0 Å². The lowest BCUT2D eigenvalue weighted by Gasteiger charge is -2.11. The Bertz CT molecular complexity index is 883. The van der Waals surface area contributed by atoms with Gasteiger partial charge in [0.2, 0.25) is 0 Å². The number of thioether (sulfide) groups is 1. The van der Waals surface area contributed by atoms with Crippen molar-refractivity contribution < 1.29 is 9.90 Å². The number of nitrogens with zero attached hydrogens (tertiary/aromatic N) is 4. The van der Waals surface area contributed by atoms with Crippen molar-refractivity contribution in [2.75, 3.05) is 5.75 Å². The Labute approximate surface area is 147 Å². The van der Waals surface area contributed by atoms with Gasteiger partial charge in [-0.25, -0.2) is 0 Å². The van der Waals surface area contributed by atoms with Gasteiger partial charge in [0.1, 0.15) is 0 Å². The van der Waals surface area contributed by atoms with E-state index in [9.17, 15) is 4.79 Å². The van der Waals surface area contributed by atoms with Crippen LogP contribution in [0.5, 0.6) is 0 Å². The van der Waals surface area contributed by atoms with Crippen molar-refractivity contribution in [2.45, 2.75) is 12.1 Å². The SMILES string of the molecule is Cc1ccc(-n2c(SCC(=O)O)nnc2-c2cccnc2)cc1Cl. The van der Waals surface area contributed by atoms with Crippen molar-refractivity contribution in [2.24, 2.45) is 0 Å². The fourth-order valence-electron chi connectivity index (χ4n) is 2.13. The number of hydrogen-bond donors (Lipinski definition) is 1. The van der Waals surface area contributed by atoms with Crippen LogP contribution in [0.3, 0.4) is 0 Å². The Morgan fingerprint density at radius 1 is 1.33 bits per heavy atom. The average molecular weight is 361 g/mol. The van der Waals surface area contributed by atoms with Crippen LogP contribution in [-0.2, 0) is 4.79 Å². The number of pyridine rings is 1. The molecule has 0 radical (unpaired) electrons. The number of aliphatic carboxylic acids is 1. The van der Waals surface area contributed by atoms with Crippen LogP contribution in [0.1, 0.15) is 5.56 Å². The first-order valence-electron chi connectivity index (χ1n) is 7.03. The van der Waals surface area contributed by atoms with E-state index in [1.807, 2.05) is 31.2 Å².